The molecule has 1 spiro atoms. The van der Waals surface area contributed by atoms with Crippen molar-refractivity contribution >= 4 is 17.8 Å². The number of rotatable bonds is 5. The van der Waals surface area contributed by atoms with Gasteiger partial charge in [0.25, 0.3) is 0 Å². The zero-order valence-electron chi connectivity index (χ0n) is 21.5. The Morgan fingerprint density at radius 2 is 1.70 bits per heavy atom. The van der Waals surface area contributed by atoms with E-state index in [-0.39, 0.29) is 17.4 Å². The molecule has 0 bridgehead atoms. The fourth-order valence-electron chi connectivity index (χ4n) is 5.01. The molecule has 1 aromatic heterocycles. The van der Waals surface area contributed by atoms with E-state index in [2.05, 4.69) is 20.2 Å². The van der Waals surface area contributed by atoms with Crippen molar-refractivity contribution in [3.63, 3.8) is 0 Å². The molecule has 0 saturated carbocycles. The Labute approximate surface area is 215 Å². The number of aliphatic carboxylic acids is 1. The van der Waals surface area contributed by atoms with Crippen molar-refractivity contribution in [2.24, 2.45) is 11.3 Å². The monoisotopic (exact) mass is 530 g/mol. The zero-order valence-corrected chi connectivity index (χ0v) is 21.5. The first-order chi connectivity index (χ1) is 17.5. The summed E-state index contributed by atoms with van der Waals surface area (Å²) in [4.78, 5) is 32.7. The van der Waals surface area contributed by atoms with Gasteiger partial charge in [-0.25, -0.2) is 14.8 Å². The number of carbonyl (C=O) groups excluding carboxylic acids is 1. The van der Waals surface area contributed by atoms with Gasteiger partial charge in [-0.05, 0) is 69.8 Å². The SMILES string of the molecule is Cc1cc(C)nc(N2CCC3(CCC(CNC(=O)CC4CCOCC4)OC3)CC2)n1.O=C(O)C(F)(F)F. The lowest BCUT2D eigenvalue weighted by Gasteiger charge is -2.45. The van der Waals surface area contributed by atoms with E-state index in [1.54, 1.807) is 0 Å². The summed E-state index contributed by atoms with van der Waals surface area (Å²) in [5.74, 6) is -1.26. The standard InChI is InChI=1S/C23H36N4O3.C2HF3O2/c1-17-13-18(2)26-22(25-17)27-9-7-23(8-10-27)6-3-20(30-16-23)15-24-21(28)14-19-4-11-29-12-5-19;3-2(4,5)1(6)7/h13,19-20H,3-12,14-16H2,1-2H3,(H,24,28);(H,6,7). The minimum atomic E-state index is -5.08. The summed E-state index contributed by atoms with van der Waals surface area (Å²) in [5.41, 5.74) is 2.33. The molecule has 1 unspecified atom stereocenters. The third-order valence-corrected chi connectivity index (χ3v) is 7.28. The molecular formula is C25H37F3N4O5. The molecule has 1 aromatic rings. The average molecular weight is 531 g/mol. The lowest BCUT2D eigenvalue weighted by atomic mass is 9.73. The number of amides is 1. The van der Waals surface area contributed by atoms with Gasteiger partial charge in [0.15, 0.2) is 0 Å². The number of anilines is 1. The summed E-state index contributed by atoms with van der Waals surface area (Å²) in [6.45, 7) is 9.05. The minimum absolute atomic E-state index is 0.148. The van der Waals surface area contributed by atoms with Gasteiger partial charge in [0.05, 0.1) is 12.7 Å². The zero-order chi connectivity index (χ0) is 27.1. The number of nitrogens with one attached hydrogen (secondary N) is 1. The largest absolute Gasteiger partial charge is 0.490 e. The molecule has 0 radical (unpaired) electrons. The first kappa shape index (κ1) is 29.1. The number of aromatic nitrogens is 2. The van der Waals surface area contributed by atoms with Gasteiger partial charge in [-0.15, -0.1) is 0 Å². The van der Waals surface area contributed by atoms with Crippen LogP contribution in [0, 0.1) is 25.2 Å². The Kier molecular flexibility index (Phi) is 10.1. The summed E-state index contributed by atoms with van der Waals surface area (Å²) >= 11 is 0. The summed E-state index contributed by atoms with van der Waals surface area (Å²) in [6, 6.07) is 2.02. The molecule has 4 rings (SSSR count). The van der Waals surface area contributed by atoms with Crippen molar-refractivity contribution in [2.75, 3.05) is 44.4 Å². The molecule has 3 aliphatic heterocycles. The van der Waals surface area contributed by atoms with Crippen molar-refractivity contribution in [2.45, 2.75) is 71.1 Å². The van der Waals surface area contributed by atoms with Gasteiger partial charge in [-0.2, -0.15) is 13.2 Å². The highest BCUT2D eigenvalue weighted by atomic mass is 19.4. The predicted molar refractivity (Wildman–Crippen MR) is 129 cm³/mol. The Morgan fingerprint density at radius 3 is 2.22 bits per heavy atom. The van der Waals surface area contributed by atoms with E-state index < -0.39 is 12.1 Å². The number of piperidine rings is 1. The van der Waals surface area contributed by atoms with Gasteiger partial charge in [-0.3, -0.25) is 4.79 Å². The lowest BCUT2D eigenvalue weighted by Crippen LogP contribution is -2.48. The molecule has 0 aromatic carbocycles. The van der Waals surface area contributed by atoms with Crippen LogP contribution in [0.2, 0.25) is 0 Å². The van der Waals surface area contributed by atoms with E-state index in [9.17, 15) is 18.0 Å². The summed E-state index contributed by atoms with van der Waals surface area (Å²) in [5, 5.41) is 10.2. The van der Waals surface area contributed by atoms with Crippen LogP contribution < -0.4 is 10.2 Å². The maximum Gasteiger partial charge on any atom is 0.490 e. The molecule has 0 aliphatic carbocycles. The second-order valence-corrected chi connectivity index (χ2v) is 10.3. The highest BCUT2D eigenvalue weighted by Gasteiger charge is 2.40. The van der Waals surface area contributed by atoms with Crippen molar-refractivity contribution in [1.82, 2.24) is 15.3 Å². The molecular weight excluding hydrogens is 493 g/mol. The first-order valence-electron chi connectivity index (χ1n) is 12.8. The second kappa shape index (κ2) is 12.9. The van der Waals surface area contributed by atoms with Gasteiger partial charge in [0.2, 0.25) is 11.9 Å². The molecule has 3 fully saturated rings. The van der Waals surface area contributed by atoms with Crippen LogP contribution in [0.4, 0.5) is 19.1 Å². The summed E-state index contributed by atoms with van der Waals surface area (Å²) in [6.07, 6.45) is 2.12. The van der Waals surface area contributed by atoms with Crippen molar-refractivity contribution in [3.05, 3.63) is 17.5 Å². The molecule has 3 aliphatic rings. The van der Waals surface area contributed by atoms with Crippen molar-refractivity contribution in [1.29, 1.82) is 0 Å². The Balaban J connectivity index is 0.000000479. The van der Waals surface area contributed by atoms with E-state index >= 15 is 0 Å². The number of carbonyl (C=O) groups is 2. The number of halogens is 3. The van der Waals surface area contributed by atoms with E-state index in [0.717, 1.165) is 82.4 Å². The molecule has 37 heavy (non-hydrogen) atoms. The maximum atomic E-state index is 12.2. The van der Waals surface area contributed by atoms with Crippen LogP contribution in [-0.4, -0.2) is 78.7 Å². The topological polar surface area (TPSA) is 114 Å². The van der Waals surface area contributed by atoms with Gasteiger partial charge in [-0.1, -0.05) is 0 Å². The third kappa shape index (κ3) is 9.10. The predicted octanol–water partition coefficient (Wildman–Crippen LogP) is 3.43. The highest BCUT2D eigenvalue weighted by Crippen LogP contribution is 2.41. The van der Waals surface area contributed by atoms with Crippen LogP contribution in [-0.2, 0) is 19.1 Å². The number of ether oxygens (including phenoxy) is 2. The number of alkyl halides is 3. The number of aryl methyl sites for hydroxylation is 2. The molecule has 1 atom stereocenters. The van der Waals surface area contributed by atoms with Crippen LogP contribution in [0.3, 0.4) is 0 Å². The van der Waals surface area contributed by atoms with Gasteiger partial charge >= 0.3 is 12.1 Å². The molecule has 2 N–H and O–H groups in total. The number of nitrogens with zero attached hydrogens (tertiary/aromatic N) is 3. The quantitative estimate of drug-likeness (QED) is 0.595. The average Bonchev–Trinajstić information content (AvgIpc) is 2.84. The summed E-state index contributed by atoms with van der Waals surface area (Å²) < 4.78 is 43.3. The fourth-order valence-corrected chi connectivity index (χ4v) is 5.01. The van der Waals surface area contributed by atoms with E-state index in [4.69, 9.17) is 19.4 Å². The molecule has 1 amide bonds. The van der Waals surface area contributed by atoms with Crippen LogP contribution in [0.25, 0.3) is 0 Å². The Morgan fingerprint density at radius 1 is 1.11 bits per heavy atom. The number of hydrogen-bond acceptors (Lipinski definition) is 7. The van der Waals surface area contributed by atoms with Crippen LogP contribution in [0.15, 0.2) is 6.07 Å². The van der Waals surface area contributed by atoms with E-state index in [0.29, 0.717) is 18.9 Å². The fraction of sp³-hybridized carbons (Fsp3) is 0.760. The Bertz CT molecular complexity index is 886. The molecule has 9 nitrogen and oxygen atoms in total. The maximum absolute atomic E-state index is 12.2. The molecule has 3 saturated heterocycles. The van der Waals surface area contributed by atoms with Gasteiger partial charge < -0.3 is 24.8 Å². The van der Waals surface area contributed by atoms with E-state index in [1.165, 1.54) is 6.42 Å². The lowest BCUT2D eigenvalue weighted by molar-refractivity contribution is -0.192. The third-order valence-electron chi connectivity index (χ3n) is 7.28. The van der Waals surface area contributed by atoms with E-state index in [1.807, 2.05) is 19.9 Å². The second-order valence-electron chi connectivity index (χ2n) is 10.3. The first-order valence-corrected chi connectivity index (χ1v) is 12.8. The molecule has 4 heterocycles. The smallest absolute Gasteiger partial charge is 0.475 e. The number of hydrogen-bond donors (Lipinski definition) is 2. The highest BCUT2D eigenvalue weighted by molar-refractivity contribution is 5.76. The normalized spacial score (nSPS) is 22.2. The summed E-state index contributed by atoms with van der Waals surface area (Å²) in [7, 11) is 0. The van der Waals surface area contributed by atoms with Crippen LogP contribution in [0.1, 0.15) is 56.3 Å². The molecule has 12 heteroatoms. The van der Waals surface area contributed by atoms with Crippen molar-refractivity contribution < 1.29 is 37.3 Å². The van der Waals surface area contributed by atoms with Crippen LogP contribution >= 0.6 is 0 Å². The minimum Gasteiger partial charge on any atom is -0.475 e. The van der Waals surface area contributed by atoms with Gasteiger partial charge in [0, 0.05) is 50.7 Å². The van der Waals surface area contributed by atoms with Crippen molar-refractivity contribution in [3.8, 4) is 0 Å². The number of carboxylic acids is 1. The Hall–Kier alpha value is -2.47. The number of carboxylic acid groups (broad SMARTS) is 1. The van der Waals surface area contributed by atoms with Crippen LogP contribution in [0.5, 0.6) is 0 Å². The van der Waals surface area contributed by atoms with Gasteiger partial charge in [0.1, 0.15) is 0 Å². The molecule has 208 valence electrons.